The fourth-order valence-electron chi connectivity index (χ4n) is 3.07. The molecule has 0 saturated heterocycles. The third-order valence-corrected chi connectivity index (χ3v) is 5.22. The Bertz CT molecular complexity index is 1210. The first-order valence-electron chi connectivity index (χ1n) is 10.2. The molecule has 3 rings (SSSR count). The Balaban J connectivity index is 1.74. The maximum Gasteiger partial charge on any atom is 0.401 e. The van der Waals surface area contributed by atoms with E-state index in [2.05, 4.69) is 20.6 Å². The zero-order valence-electron chi connectivity index (χ0n) is 18.9. The minimum absolute atomic E-state index is 0.0512. The zero-order chi connectivity index (χ0) is 25.4. The number of alkyl halides is 3. The smallest absolute Gasteiger partial charge is 0.383 e. The third kappa shape index (κ3) is 4.72. The SMILES string of the molecule is CC(C)n1nc(-c2ccc(CC(=O)Nc3cc(C(C)(C)C(F)(F)F)on3)cn2)c(C(N)=O)c1N. The number of pyridine rings is 1. The van der Waals surface area contributed by atoms with E-state index < -0.39 is 29.2 Å². The molecule has 0 aromatic carbocycles. The minimum Gasteiger partial charge on any atom is -0.383 e. The summed E-state index contributed by atoms with van der Waals surface area (Å²) in [4.78, 5) is 28.5. The van der Waals surface area contributed by atoms with Crippen LogP contribution in [-0.2, 0) is 16.6 Å². The summed E-state index contributed by atoms with van der Waals surface area (Å²) in [6.45, 7) is 5.59. The average molecular weight is 479 g/mol. The van der Waals surface area contributed by atoms with Gasteiger partial charge in [-0.1, -0.05) is 11.2 Å². The number of hydrogen-bond donors (Lipinski definition) is 3. The standard InChI is InChI=1S/C21H24F3N7O3/c1-10(2)31-18(25)16(19(26)33)17(29-31)12-6-5-11(9-27-12)7-15(32)28-14-8-13(34-30-14)20(3,4)21(22,23)24/h5-6,8-10H,7,25H2,1-4H3,(H2,26,33)(H,28,30,32). The van der Waals surface area contributed by atoms with Gasteiger partial charge in [-0.25, -0.2) is 4.68 Å². The number of aromatic nitrogens is 4. The highest BCUT2D eigenvalue weighted by Crippen LogP contribution is 2.41. The van der Waals surface area contributed by atoms with Crippen LogP contribution in [0.1, 0.15) is 55.4 Å². The Kier molecular flexibility index (Phi) is 6.40. The van der Waals surface area contributed by atoms with Gasteiger partial charge in [-0.15, -0.1) is 0 Å². The van der Waals surface area contributed by atoms with Crippen molar-refractivity contribution >= 4 is 23.5 Å². The van der Waals surface area contributed by atoms with Gasteiger partial charge in [0.05, 0.1) is 12.1 Å². The molecule has 182 valence electrons. The number of nitrogens with zero attached hydrogens (tertiary/aromatic N) is 4. The third-order valence-electron chi connectivity index (χ3n) is 5.22. The molecule has 0 saturated carbocycles. The molecule has 0 radical (unpaired) electrons. The molecule has 3 heterocycles. The highest BCUT2D eigenvalue weighted by molar-refractivity contribution is 6.03. The topological polar surface area (TPSA) is 155 Å². The van der Waals surface area contributed by atoms with E-state index in [0.29, 0.717) is 11.3 Å². The summed E-state index contributed by atoms with van der Waals surface area (Å²) in [7, 11) is 0. The van der Waals surface area contributed by atoms with Gasteiger partial charge >= 0.3 is 6.18 Å². The summed E-state index contributed by atoms with van der Waals surface area (Å²) >= 11 is 0. The van der Waals surface area contributed by atoms with Gasteiger partial charge in [0.2, 0.25) is 5.91 Å². The lowest BCUT2D eigenvalue weighted by molar-refractivity contribution is -0.185. The van der Waals surface area contributed by atoms with Gasteiger partial charge in [0.15, 0.2) is 11.6 Å². The molecule has 0 unspecified atom stereocenters. The summed E-state index contributed by atoms with van der Waals surface area (Å²) in [6, 6.07) is 4.07. The Morgan fingerprint density at radius 1 is 1.24 bits per heavy atom. The van der Waals surface area contributed by atoms with Gasteiger partial charge in [0.1, 0.15) is 22.5 Å². The lowest BCUT2D eigenvalue weighted by atomic mass is 9.89. The number of hydrogen-bond acceptors (Lipinski definition) is 7. The van der Waals surface area contributed by atoms with Crippen LogP contribution < -0.4 is 16.8 Å². The van der Waals surface area contributed by atoms with Crippen LogP contribution in [0.15, 0.2) is 28.9 Å². The van der Waals surface area contributed by atoms with E-state index in [1.54, 1.807) is 12.1 Å². The lowest BCUT2D eigenvalue weighted by Crippen LogP contribution is -2.35. The van der Waals surface area contributed by atoms with Crippen molar-refractivity contribution in [3.63, 3.8) is 0 Å². The Labute approximate surface area is 192 Å². The van der Waals surface area contributed by atoms with E-state index in [-0.39, 0.29) is 35.4 Å². The number of carbonyl (C=O) groups is 2. The quantitative estimate of drug-likeness (QED) is 0.470. The molecular weight excluding hydrogens is 455 g/mol. The highest BCUT2D eigenvalue weighted by atomic mass is 19.4. The van der Waals surface area contributed by atoms with E-state index in [9.17, 15) is 22.8 Å². The van der Waals surface area contributed by atoms with Crippen molar-refractivity contribution in [2.75, 3.05) is 11.1 Å². The molecule has 0 fully saturated rings. The second kappa shape index (κ2) is 8.80. The summed E-state index contributed by atoms with van der Waals surface area (Å²) in [5.74, 6) is -1.71. The molecule has 2 amide bonds. The van der Waals surface area contributed by atoms with Crippen molar-refractivity contribution in [2.24, 2.45) is 5.73 Å². The number of carbonyl (C=O) groups excluding carboxylic acids is 2. The van der Waals surface area contributed by atoms with Crippen LogP contribution in [0.3, 0.4) is 0 Å². The minimum atomic E-state index is -4.55. The first kappa shape index (κ1) is 24.7. The molecule has 3 aromatic rings. The predicted molar refractivity (Wildman–Crippen MR) is 117 cm³/mol. The highest BCUT2D eigenvalue weighted by Gasteiger charge is 2.51. The normalized spacial score (nSPS) is 12.2. The molecular formula is C21H24F3N7O3. The summed E-state index contributed by atoms with van der Waals surface area (Å²) in [5.41, 5.74) is 10.3. The number of nitrogens with two attached hydrogens (primary N) is 2. The Morgan fingerprint density at radius 3 is 2.44 bits per heavy atom. The first-order valence-corrected chi connectivity index (χ1v) is 10.2. The van der Waals surface area contributed by atoms with Crippen LogP contribution in [-0.4, -0.2) is 37.9 Å². The molecule has 3 aromatic heterocycles. The monoisotopic (exact) mass is 479 g/mol. The second-order valence-electron chi connectivity index (χ2n) is 8.49. The number of primary amides is 1. The molecule has 13 heteroatoms. The van der Waals surface area contributed by atoms with Gasteiger partial charge in [0, 0.05) is 18.3 Å². The van der Waals surface area contributed by atoms with Gasteiger partial charge in [-0.2, -0.15) is 18.3 Å². The predicted octanol–water partition coefficient (Wildman–Crippen LogP) is 3.22. The fourth-order valence-corrected chi connectivity index (χ4v) is 3.07. The maximum atomic E-state index is 13.1. The Hall–Kier alpha value is -3.90. The van der Waals surface area contributed by atoms with Crippen LogP contribution in [0.2, 0.25) is 0 Å². The lowest BCUT2D eigenvalue weighted by Gasteiger charge is -2.24. The molecule has 34 heavy (non-hydrogen) atoms. The van der Waals surface area contributed by atoms with Crippen molar-refractivity contribution in [1.82, 2.24) is 19.9 Å². The number of amides is 2. The number of halogens is 3. The van der Waals surface area contributed by atoms with E-state index in [4.69, 9.17) is 16.0 Å². The largest absolute Gasteiger partial charge is 0.401 e. The molecule has 0 bridgehead atoms. The molecule has 0 aliphatic carbocycles. The van der Waals surface area contributed by atoms with Crippen molar-refractivity contribution in [2.45, 2.75) is 51.7 Å². The van der Waals surface area contributed by atoms with E-state index in [0.717, 1.165) is 19.9 Å². The van der Waals surface area contributed by atoms with Crippen molar-refractivity contribution in [1.29, 1.82) is 0 Å². The summed E-state index contributed by atoms with van der Waals surface area (Å²) in [5, 5.41) is 10.2. The van der Waals surface area contributed by atoms with Gasteiger partial charge in [-0.05, 0) is 39.3 Å². The van der Waals surface area contributed by atoms with Crippen LogP contribution in [0.4, 0.5) is 24.8 Å². The molecule has 0 aliphatic heterocycles. The van der Waals surface area contributed by atoms with E-state index in [1.807, 2.05) is 13.8 Å². The van der Waals surface area contributed by atoms with Gasteiger partial charge in [0.25, 0.3) is 5.91 Å². The molecule has 0 atom stereocenters. The number of anilines is 2. The van der Waals surface area contributed by atoms with E-state index >= 15 is 0 Å². The van der Waals surface area contributed by atoms with Crippen molar-refractivity contribution in [3.8, 4) is 11.4 Å². The number of nitrogen functional groups attached to an aromatic ring is 1. The molecule has 5 N–H and O–H groups in total. The molecule has 0 aliphatic rings. The second-order valence-corrected chi connectivity index (χ2v) is 8.49. The first-order chi connectivity index (χ1) is 15.7. The van der Waals surface area contributed by atoms with Crippen LogP contribution >= 0.6 is 0 Å². The molecule has 0 spiro atoms. The maximum absolute atomic E-state index is 13.1. The van der Waals surface area contributed by atoms with E-state index in [1.165, 1.54) is 10.9 Å². The van der Waals surface area contributed by atoms with Gasteiger partial charge < -0.3 is 21.3 Å². The van der Waals surface area contributed by atoms with Crippen LogP contribution in [0.25, 0.3) is 11.4 Å². The van der Waals surface area contributed by atoms with Crippen molar-refractivity contribution < 1.29 is 27.3 Å². The summed E-state index contributed by atoms with van der Waals surface area (Å²) < 4.78 is 45.7. The zero-order valence-corrected chi connectivity index (χ0v) is 18.9. The van der Waals surface area contributed by atoms with Crippen LogP contribution in [0.5, 0.6) is 0 Å². The number of rotatable bonds is 7. The van der Waals surface area contributed by atoms with Crippen LogP contribution in [0, 0.1) is 0 Å². The van der Waals surface area contributed by atoms with Gasteiger partial charge in [-0.3, -0.25) is 14.6 Å². The average Bonchev–Trinajstić information content (AvgIpc) is 3.32. The number of nitrogens with one attached hydrogen (secondary N) is 1. The Morgan fingerprint density at radius 2 is 1.91 bits per heavy atom. The summed E-state index contributed by atoms with van der Waals surface area (Å²) in [6.07, 6.45) is -3.28. The fraction of sp³-hybridized carbons (Fsp3) is 0.381. The molecule has 10 nitrogen and oxygen atoms in total. The van der Waals surface area contributed by atoms with Crippen molar-refractivity contribution in [3.05, 3.63) is 41.3 Å².